The number of esters is 1. The van der Waals surface area contributed by atoms with Crippen LogP contribution in [0, 0.1) is 5.41 Å². The Morgan fingerprint density at radius 3 is 1.21 bits per heavy atom. The van der Waals surface area contributed by atoms with Gasteiger partial charge in [0, 0.05) is 21.1 Å². The van der Waals surface area contributed by atoms with E-state index in [0.717, 1.165) is 0 Å². The van der Waals surface area contributed by atoms with Crippen LogP contribution in [0.15, 0.2) is 0 Å². The van der Waals surface area contributed by atoms with Gasteiger partial charge in [-0.3, -0.25) is 14.4 Å². The van der Waals surface area contributed by atoms with Crippen molar-refractivity contribution in [3.05, 3.63) is 0 Å². The summed E-state index contributed by atoms with van der Waals surface area (Å²) in [5.41, 5.74) is -0.996. The first-order chi connectivity index (χ1) is 13.8. The molecule has 29 heavy (non-hydrogen) atoms. The Morgan fingerprint density at radius 1 is 0.621 bits per heavy atom. The number of likely N-dealkylation sites (N-methyl/N-ethyl adjacent to an activating group) is 3. The zero-order chi connectivity index (χ0) is 22.1. The molecule has 168 valence electrons. The molecule has 12 heteroatoms. The summed E-state index contributed by atoms with van der Waals surface area (Å²) in [5.74, 6) is -1.60. The highest BCUT2D eigenvalue weighted by atomic mass is 16.6. The third-order valence-corrected chi connectivity index (χ3v) is 3.62. The highest BCUT2D eigenvalue weighted by Crippen LogP contribution is 2.21. The van der Waals surface area contributed by atoms with Crippen LogP contribution in [0.4, 0.5) is 0 Å². The second kappa shape index (κ2) is 15.6. The molecule has 0 saturated heterocycles. The van der Waals surface area contributed by atoms with E-state index in [9.17, 15) is 19.2 Å². The summed E-state index contributed by atoms with van der Waals surface area (Å²) in [6.07, 6.45) is 0. The van der Waals surface area contributed by atoms with Crippen LogP contribution < -0.4 is 16.0 Å². The highest BCUT2D eigenvalue weighted by molar-refractivity contribution is 5.77. The Kier molecular flexibility index (Phi) is 14.4. The lowest BCUT2D eigenvalue weighted by molar-refractivity contribution is -0.153. The molecule has 0 unspecified atom stereocenters. The minimum Gasteiger partial charge on any atom is -0.467 e. The molecule has 0 aliphatic rings. The topological polar surface area (TPSA) is 151 Å². The van der Waals surface area contributed by atoms with Gasteiger partial charge in [-0.2, -0.15) is 0 Å². The number of methoxy groups -OCH3 is 1. The van der Waals surface area contributed by atoms with Crippen molar-refractivity contribution in [2.45, 2.75) is 0 Å². The van der Waals surface area contributed by atoms with Crippen molar-refractivity contribution in [3.8, 4) is 0 Å². The van der Waals surface area contributed by atoms with E-state index in [2.05, 4.69) is 20.7 Å². The lowest BCUT2D eigenvalue weighted by Gasteiger charge is -2.32. The maximum atomic E-state index is 11.4. The number of carbonyl (C=O) groups is 4. The van der Waals surface area contributed by atoms with Crippen molar-refractivity contribution in [1.29, 1.82) is 0 Å². The predicted molar refractivity (Wildman–Crippen MR) is 99.9 cm³/mol. The number of ether oxygens (including phenoxy) is 5. The van der Waals surface area contributed by atoms with Crippen LogP contribution >= 0.6 is 0 Å². The molecule has 0 saturated carbocycles. The van der Waals surface area contributed by atoms with E-state index < -0.39 is 11.4 Å². The fraction of sp³-hybridized carbons (Fsp3) is 0.765. The fourth-order valence-electron chi connectivity index (χ4n) is 1.96. The van der Waals surface area contributed by atoms with Gasteiger partial charge in [0.2, 0.25) is 17.7 Å². The lowest BCUT2D eigenvalue weighted by Crippen LogP contribution is -2.44. The van der Waals surface area contributed by atoms with E-state index >= 15 is 0 Å². The molecule has 0 aliphatic heterocycles. The highest BCUT2D eigenvalue weighted by Gasteiger charge is 2.33. The molecular formula is C17H31N3O9. The van der Waals surface area contributed by atoms with Crippen LogP contribution in [-0.4, -0.2) is 105 Å². The number of nitrogens with one attached hydrogen (secondary N) is 3. The maximum Gasteiger partial charge on any atom is 0.331 e. The first-order valence-corrected chi connectivity index (χ1v) is 8.82. The van der Waals surface area contributed by atoms with Gasteiger partial charge in [0.15, 0.2) is 0 Å². The molecule has 0 aromatic heterocycles. The number of hydrogen-bond acceptors (Lipinski definition) is 9. The Labute approximate surface area is 169 Å². The SMILES string of the molecule is CNC(=O)COCC(COCC(=O)NC)(COCC(=O)NC)COCC(=O)OC. The van der Waals surface area contributed by atoms with Gasteiger partial charge in [-0.25, -0.2) is 4.79 Å². The quantitative estimate of drug-likeness (QED) is 0.229. The zero-order valence-corrected chi connectivity index (χ0v) is 17.3. The summed E-state index contributed by atoms with van der Waals surface area (Å²) in [5, 5.41) is 7.27. The largest absolute Gasteiger partial charge is 0.467 e. The normalized spacial score (nSPS) is 10.9. The number of rotatable bonds is 16. The van der Waals surface area contributed by atoms with Gasteiger partial charge in [-0.15, -0.1) is 0 Å². The summed E-state index contributed by atoms with van der Waals surface area (Å²) in [6, 6.07) is 0. The summed E-state index contributed by atoms with van der Waals surface area (Å²) in [4.78, 5) is 45.6. The van der Waals surface area contributed by atoms with Gasteiger partial charge < -0.3 is 39.6 Å². The molecule has 0 aliphatic carbocycles. The molecule has 3 N–H and O–H groups in total. The average Bonchev–Trinajstić information content (AvgIpc) is 2.72. The number of carbonyl (C=O) groups excluding carboxylic acids is 4. The summed E-state index contributed by atoms with van der Waals surface area (Å²) in [6.45, 7) is -1.22. The Balaban J connectivity index is 5.14. The average molecular weight is 421 g/mol. The molecule has 0 radical (unpaired) electrons. The molecule has 0 spiro atoms. The Bertz CT molecular complexity index is 435. The van der Waals surface area contributed by atoms with Gasteiger partial charge in [-0.05, 0) is 0 Å². The van der Waals surface area contributed by atoms with Gasteiger partial charge in [-0.1, -0.05) is 0 Å². The third-order valence-electron chi connectivity index (χ3n) is 3.62. The van der Waals surface area contributed by atoms with Gasteiger partial charge >= 0.3 is 5.97 Å². The molecular weight excluding hydrogens is 390 g/mol. The van der Waals surface area contributed by atoms with Crippen molar-refractivity contribution in [2.75, 3.05) is 81.1 Å². The van der Waals surface area contributed by atoms with E-state index in [-0.39, 0.29) is 70.6 Å². The molecule has 0 heterocycles. The van der Waals surface area contributed by atoms with E-state index in [1.54, 1.807) is 0 Å². The van der Waals surface area contributed by atoms with E-state index in [4.69, 9.17) is 18.9 Å². The third kappa shape index (κ3) is 12.7. The van der Waals surface area contributed by atoms with E-state index in [1.165, 1.54) is 28.3 Å². The van der Waals surface area contributed by atoms with E-state index in [1.807, 2.05) is 0 Å². The van der Waals surface area contributed by atoms with Crippen LogP contribution in [-0.2, 0) is 42.9 Å². The molecule has 0 bridgehead atoms. The monoisotopic (exact) mass is 421 g/mol. The van der Waals surface area contributed by atoms with Crippen molar-refractivity contribution < 1.29 is 42.9 Å². The maximum absolute atomic E-state index is 11.4. The lowest BCUT2D eigenvalue weighted by atomic mass is 9.92. The van der Waals surface area contributed by atoms with Crippen molar-refractivity contribution in [1.82, 2.24) is 16.0 Å². The molecule has 0 atom stereocenters. The van der Waals surface area contributed by atoms with Crippen molar-refractivity contribution >= 4 is 23.7 Å². The van der Waals surface area contributed by atoms with Gasteiger partial charge in [0.25, 0.3) is 0 Å². The first-order valence-electron chi connectivity index (χ1n) is 8.82. The van der Waals surface area contributed by atoms with E-state index in [0.29, 0.717) is 0 Å². The standard InChI is InChI=1S/C17H31N3O9/c1-18-13(21)5-26-9-17(10-27-6-14(22)19-2,11-28-7-15(23)20-3)12-29-8-16(24)25-4/h5-12H2,1-4H3,(H,18,21)(H,19,22)(H,20,23). The summed E-state index contributed by atoms with van der Waals surface area (Å²) in [7, 11) is 5.64. The van der Waals surface area contributed by atoms with Gasteiger partial charge in [0.1, 0.15) is 26.4 Å². The summed E-state index contributed by atoms with van der Waals surface area (Å²) >= 11 is 0. The Hall–Kier alpha value is -2.28. The second-order valence-electron chi connectivity index (χ2n) is 6.07. The van der Waals surface area contributed by atoms with Crippen molar-refractivity contribution in [2.24, 2.45) is 5.41 Å². The predicted octanol–water partition coefficient (Wildman–Crippen LogP) is -2.55. The molecule has 0 fully saturated rings. The smallest absolute Gasteiger partial charge is 0.331 e. The van der Waals surface area contributed by atoms with Crippen LogP contribution in [0.1, 0.15) is 0 Å². The molecule has 0 aromatic carbocycles. The number of hydrogen-bond donors (Lipinski definition) is 3. The minimum absolute atomic E-state index is 0.0525. The fourth-order valence-corrected chi connectivity index (χ4v) is 1.96. The molecule has 0 aromatic rings. The summed E-state index contributed by atoms with van der Waals surface area (Å²) < 4.78 is 26.2. The second-order valence-corrected chi connectivity index (χ2v) is 6.07. The van der Waals surface area contributed by atoms with Crippen LogP contribution in [0.25, 0.3) is 0 Å². The van der Waals surface area contributed by atoms with Gasteiger partial charge in [0.05, 0.1) is 39.0 Å². The molecule has 3 amide bonds. The van der Waals surface area contributed by atoms with Crippen LogP contribution in [0.2, 0.25) is 0 Å². The first kappa shape index (κ1) is 26.7. The molecule has 12 nitrogen and oxygen atoms in total. The van der Waals surface area contributed by atoms with Crippen molar-refractivity contribution in [3.63, 3.8) is 0 Å². The zero-order valence-electron chi connectivity index (χ0n) is 17.3. The number of amides is 3. The minimum atomic E-state index is -0.996. The Morgan fingerprint density at radius 2 is 0.931 bits per heavy atom. The van der Waals surface area contributed by atoms with Crippen LogP contribution in [0.5, 0.6) is 0 Å². The molecule has 0 rings (SSSR count). The van der Waals surface area contributed by atoms with Crippen LogP contribution in [0.3, 0.4) is 0 Å².